The number of benzene rings is 1. The molecule has 1 rings (SSSR count). The van der Waals surface area contributed by atoms with Crippen LogP contribution in [0.3, 0.4) is 0 Å². The third kappa shape index (κ3) is 3.09. The molecule has 80 valence electrons. The highest BCUT2D eigenvalue weighted by Crippen LogP contribution is 2.03. The minimum atomic E-state index is -0.435. The highest BCUT2D eigenvalue weighted by Gasteiger charge is 2.14. The molecule has 4 nitrogen and oxygen atoms in total. The van der Waals surface area contributed by atoms with Gasteiger partial charge in [-0.2, -0.15) is 5.10 Å². The molecular weight excluding hydrogens is 192 g/mol. The SMILES string of the molecule is COC(=O)/C(=N/N(C)C)c1ccccc1. The molecule has 0 fully saturated rings. The van der Waals surface area contributed by atoms with E-state index in [0.29, 0.717) is 5.71 Å². The van der Waals surface area contributed by atoms with Crippen molar-refractivity contribution in [3.63, 3.8) is 0 Å². The predicted octanol–water partition coefficient (Wildman–Crippen LogP) is 1.13. The fraction of sp³-hybridized carbons (Fsp3) is 0.273. The summed E-state index contributed by atoms with van der Waals surface area (Å²) in [5.41, 5.74) is 1.06. The average molecular weight is 206 g/mol. The molecule has 0 aliphatic carbocycles. The number of hydrogen-bond donors (Lipinski definition) is 0. The third-order valence-electron chi connectivity index (χ3n) is 1.73. The molecule has 0 bridgehead atoms. The number of esters is 1. The van der Waals surface area contributed by atoms with Crippen molar-refractivity contribution in [3.05, 3.63) is 35.9 Å². The van der Waals surface area contributed by atoms with E-state index in [4.69, 9.17) is 0 Å². The molecule has 0 radical (unpaired) electrons. The molecule has 0 saturated carbocycles. The van der Waals surface area contributed by atoms with Crippen LogP contribution < -0.4 is 0 Å². The van der Waals surface area contributed by atoms with E-state index < -0.39 is 5.97 Å². The molecule has 1 aromatic carbocycles. The second-order valence-electron chi connectivity index (χ2n) is 3.15. The lowest BCUT2D eigenvalue weighted by Gasteiger charge is -2.09. The standard InChI is InChI=1S/C11H14N2O2/c1-13(2)12-10(11(14)15-3)9-7-5-4-6-8-9/h4-8H,1-3H3/b12-10+. The number of carbonyl (C=O) groups is 1. The fourth-order valence-corrected chi connectivity index (χ4v) is 1.11. The number of ether oxygens (including phenoxy) is 1. The first-order chi connectivity index (χ1) is 7.15. The van der Waals surface area contributed by atoms with Crippen molar-refractivity contribution in [1.82, 2.24) is 5.01 Å². The maximum absolute atomic E-state index is 11.5. The van der Waals surface area contributed by atoms with Gasteiger partial charge < -0.3 is 9.75 Å². The Morgan fingerprint density at radius 3 is 2.33 bits per heavy atom. The van der Waals surface area contributed by atoms with Crippen LogP contribution in [0.5, 0.6) is 0 Å². The Kier molecular flexibility index (Phi) is 3.85. The zero-order chi connectivity index (χ0) is 11.3. The van der Waals surface area contributed by atoms with Crippen molar-refractivity contribution in [1.29, 1.82) is 0 Å². The van der Waals surface area contributed by atoms with Gasteiger partial charge in [-0.15, -0.1) is 0 Å². The Balaban J connectivity index is 3.08. The van der Waals surface area contributed by atoms with Crippen molar-refractivity contribution >= 4 is 11.7 Å². The van der Waals surface area contributed by atoms with Crippen LogP contribution >= 0.6 is 0 Å². The van der Waals surface area contributed by atoms with Gasteiger partial charge in [0.15, 0.2) is 5.71 Å². The number of methoxy groups -OCH3 is 1. The van der Waals surface area contributed by atoms with Gasteiger partial charge in [-0.1, -0.05) is 30.3 Å². The monoisotopic (exact) mass is 206 g/mol. The van der Waals surface area contributed by atoms with Gasteiger partial charge in [-0.25, -0.2) is 4.79 Å². The summed E-state index contributed by atoms with van der Waals surface area (Å²) < 4.78 is 4.67. The van der Waals surface area contributed by atoms with E-state index in [1.807, 2.05) is 30.3 Å². The van der Waals surface area contributed by atoms with Gasteiger partial charge in [0.1, 0.15) is 0 Å². The second-order valence-corrected chi connectivity index (χ2v) is 3.15. The van der Waals surface area contributed by atoms with Gasteiger partial charge in [-0.05, 0) is 0 Å². The molecule has 15 heavy (non-hydrogen) atoms. The summed E-state index contributed by atoms with van der Waals surface area (Å²) in [6.45, 7) is 0. The highest BCUT2D eigenvalue weighted by molar-refractivity contribution is 6.43. The molecular formula is C11H14N2O2. The smallest absolute Gasteiger partial charge is 0.359 e. The Morgan fingerprint density at radius 1 is 1.27 bits per heavy atom. The number of carbonyl (C=O) groups excluding carboxylic acids is 1. The molecule has 0 N–H and O–H groups in total. The molecule has 0 aromatic heterocycles. The van der Waals surface area contributed by atoms with E-state index in [1.165, 1.54) is 7.11 Å². The van der Waals surface area contributed by atoms with E-state index >= 15 is 0 Å². The minimum absolute atomic E-state index is 0.308. The fourth-order valence-electron chi connectivity index (χ4n) is 1.11. The zero-order valence-electron chi connectivity index (χ0n) is 9.10. The molecule has 0 atom stereocenters. The summed E-state index contributed by atoms with van der Waals surface area (Å²) in [5, 5.41) is 5.66. The van der Waals surface area contributed by atoms with E-state index in [2.05, 4.69) is 9.84 Å². The first kappa shape index (κ1) is 11.2. The first-order valence-corrected chi connectivity index (χ1v) is 4.55. The van der Waals surface area contributed by atoms with Crippen LogP contribution in [0.2, 0.25) is 0 Å². The van der Waals surface area contributed by atoms with Gasteiger partial charge >= 0.3 is 5.97 Å². The van der Waals surface area contributed by atoms with Crippen LogP contribution in [0.15, 0.2) is 35.4 Å². The van der Waals surface area contributed by atoms with Crippen molar-refractivity contribution in [2.45, 2.75) is 0 Å². The minimum Gasteiger partial charge on any atom is -0.464 e. The molecule has 0 heterocycles. The molecule has 0 amide bonds. The van der Waals surface area contributed by atoms with Crippen molar-refractivity contribution in [2.24, 2.45) is 5.10 Å². The molecule has 0 saturated heterocycles. The van der Waals surface area contributed by atoms with Gasteiger partial charge in [0.2, 0.25) is 0 Å². The van der Waals surface area contributed by atoms with E-state index in [9.17, 15) is 4.79 Å². The summed E-state index contributed by atoms with van der Waals surface area (Å²) in [7, 11) is 4.86. The Morgan fingerprint density at radius 2 is 1.87 bits per heavy atom. The van der Waals surface area contributed by atoms with Crippen LogP contribution in [0.25, 0.3) is 0 Å². The van der Waals surface area contributed by atoms with Crippen LogP contribution in [0.1, 0.15) is 5.56 Å². The maximum atomic E-state index is 11.5. The Hall–Kier alpha value is -1.84. The topological polar surface area (TPSA) is 41.9 Å². The van der Waals surface area contributed by atoms with Gasteiger partial charge in [0, 0.05) is 19.7 Å². The lowest BCUT2D eigenvalue weighted by atomic mass is 10.1. The van der Waals surface area contributed by atoms with Gasteiger partial charge in [0.05, 0.1) is 7.11 Å². The van der Waals surface area contributed by atoms with Crippen LogP contribution in [0.4, 0.5) is 0 Å². The molecule has 0 aliphatic heterocycles. The predicted molar refractivity (Wildman–Crippen MR) is 58.7 cm³/mol. The van der Waals surface area contributed by atoms with E-state index in [-0.39, 0.29) is 0 Å². The highest BCUT2D eigenvalue weighted by atomic mass is 16.5. The Labute approximate surface area is 89.2 Å². The lowest BCUT2D eigenvalue weighted by Crippen LogP contribution is -2.20. The zero-order valence-corrected chi connectivity index (χ0v) is 9.10. The van der Waals surface area contributed by atoms with E-state index in [0.717, 1.165) is 5.56 Å². The van der Waals surface area contributed by atoms with Crippen LogP contribution in [-0.4, -0.2) is 37.9 Å². The average Bonchev–Trinajstić information content (AvgIpc) is 2.26. The second kappa shape index (κ2) is 5.14. The summed E-state index contributed by atoms with van der Waals surface area (Å²) in [4.78, 5) is 11.5. The molecule has 1 aromatic rings. The largest absolute Gasteiger partial charge is 0.464 e. The summed E-state index contributed by atoms with van der Waals surface area (Å²) >= 11 is 0. The number of hydrogen-bond acceptors (Lipinski definition) is 4. The van der Waals surface area contributed by atoms with Gasteiger partial charge in [0.25, 0.3) is 0 Å². The molecule has 0 aliphatic rings. The van der Waals surface area contributed by atoms with Crippen molar-refractivity contribution < 1.29 is 9.53 Å². The molecule has 0 unspecified atom stereocenters. The van der Waals surface area contributed by atoms with Crippen molar-refractivity contribution in [3.8, 4) is 0 Å². The van der Waals surface area contributed by atoms with E-state index in [1.54, 1.807) is 19.1 Å². The van der Waals surface area contributed by atoms with Crippen LogP contribution in [-0.2, 0) is 9.53 Å². The first-order valence-electron chi connectivity index (χ1n) is 4.55. The summed E-state index contributed by atoms with van der Waals surface area (Å²) in [5.74, 6) is -0.435. The maximum Gasteiger partial charge on any atom is 0.359 e. The number of hydrazone groups is 1. The summed E-state index contributed by atoms with van der Waals surface area (Å²) in [6, 6.07) is 9.22. The summed E-state index contributed by atoms with van der Waals surface area (Å²) in [6.07, 6.45) is 0. The lowest BCUT2D eigenvalue weighted by molar-refractivity contribution is -0.132. The Bertz CT molecular complexity index is 358. The van der Waals surface area contributed by atoms with Gasteiger partial charge in [-0.3, -0.25) is 0 Å². The number of rotatable bonds is 3. The van der Waals surface area contributed by atoms with Crippen LogP contribution in [0, 0.1) is 0 Å². The number of nitrogens with zero attached hydrogens (tertiary/aromatic N) is 2. The quantitative estimate of drug-likeness (QED) is 0.423. The molecule has 4 heteroatoms. The van der Waals surface area contributed by atoms with Crippen molar-refractivity contribution in [2.75, 3.05) is 21.2 Å². The normalized spacial score (nSPS) is 11.0. The third-order valence-corrected chi connectivity index (χ3v) is 1.73. The molecule has 0 spiro atoms.